The van der Waals surface area contributed by atoms with Crippen molar-refractivity contribution in [3.63, 3.8) is 0 Å². The van der Waals surface area contributed by atoms with Crippen LogP contribution in [0.15, 0.2) is 24.3 Å². The predicted molar refractivity (Wildman–Crippen MR) is 93.7 cm³/mol. The highest BCUT2D eigenvalue weighted by Crippen LogP contribution is 2.51. The number of para-hydroxylation sites is 1. The van der Waals surface area contributed by atoms with Crippen LogP contribution >= 0.6 is 0 Å². The van der Waals surface area contributed by atoms with Gasteiger partial charge in [0.05, 0.1) is 11.6 Å². The Labute approximate surface area is 143 Å². The molecule has 4 heteroatoms. The Morgan fingerprint density at radius 2 is 1.96 bits per heavy atom. The fraction of sp³-hybridized carbons (Fsp3) is 0.600. The van der Waals surface area contributed by atoms with Gasteiger partial charge < -0.3 is 10.0 Å². The Balaban J connectivity index is 2.03. The van der Waals surface area contributed by atoms with E-state index in [-0.39, 0.29) is 17.1 Å². The average molecular weight is 329 g/mol. The molecule has 3 atom stereocenters. The molecule has 1 fully saturated rings. The molecular weight excluding hydrogens is 302 g/mol. The fourth-order valence-corrected chi connectivity index (χ4v) is 4.33. The Morgan fingerprint density at radius 1 is 1.29 bits per heavy atom. The number of nitrogens with zero attached hydrogens (tertiary/aromatic N) is 1. The number of fused-ring (bicyclic) bond motifs is 1. The minimum absolute atomic E-state index is 0.0131. The number of ketones is 1. The lowest BCUT2D eigenvalue weighted by atomic mass is 9.62. The van der Waals surface area contributed by atoms with Crippen LogP contribution in [0.1, 0.15) is 52.0 Å². The molecule has 1 amide bonds. The van der Waals surface area contributed by atoms with Gasteiger partial charge in [-0.3, -0.25) is 9.59 Å². The molecule has 24 heavy (non-hydrogen) atoms. The molecule has 1 aliphatic carbocycles. The van der Waals surface area contributed by atoms with Crippen LogP contribution < -0.4 is 4.90 Å². The largest absolute Gasteiger partial charge is 0.375 e. The quantitative estimate of drug-likeness (QED) is 0.926. The summed E-state index contributed by atoms with van der Waals surface area (Å²) in [5.74, 6) is -0.683. The monoisotopic (exact) mass is 329 g/mol. The molecule has 1 heterocycles. The lowest BCUT2D eigenvalue weighted by molar-refractivity contribution is -0.154. The summed E-state index contributed by atoms with van der Waals surface area (Å²) < 4.78 is 0. The summed E-state index contributed by atoms with van der Waals surface area (Å²) in [6.07, 6.45) is 2.88. The molecule has 0 aromatic heterocycles. The predicted octanol–water partition coefficient (Wildman–Crippen LogP) is 3.27. The number of Topliss-reactive ketones (excluding diaryl/α,β-unsaturated/α-hetero) is 1. The van der Waals surface area contributed by atoms with E-state index in [9.17, 15) is 14.7 Å². The molecule has 1 N–H and O–H groups in total. The molecule has 1 aromatic carbocycles. The van der Waals surface area contributed by atoms with Gasteiger partial charge in [0.25, 0.3) is 5.91 Å². The zero-order chi connectivity index (χ0) is 17.7. The van der Waals surface area contributed by atoms with Crippen molar-refractivity contribution in [3.05, 3.63) is 29.8 Å². The van der Waals surface area contributed by atoms with E-state index in [2.05, 4.69) is 20.8 Å². The molecule has 1 saturated carbocycles. The topological polar surface area (TPSA) is 57.6 Å². The van der Waals surface area contributed by atoms with Gasteiger partial charge >= 0.3 is 0 Å². The van der Waals surface area contributed by atoms with Gasteiger partial charge in [0.1, 0.15) is 5.78 Å². The van der Waals surface area contributed by atoms with Crippen molar-refractivity contribution >= 4 is 17.4 Å². The standard InChI is InChI=1S/C20H27NO3/c1-5-19(2,3)13-10-11-17(22)15(12-13)20(24)14-8-6-7-9-16(14)21(4)18(20)23/h6-9,13,15,24H,5,10-12H2,1-4H3/t13-,15+,20-/m1/s1. The zero-order valence-corrected chi connectivity index (χ0v) is 15.0. The highest BCUT2D eigenvalue weighted by atomic mass is 16.3. The molecule has 0 spiro atoms. The summed E-state index contributed by atoms with van der Waals surface area (Å²) in [4.78, 5) is 27.0. The maximum absolute atomic E-state index is 12.9. The minimum Gasteiger partial charge on any atom is -0.375 e. The van der Waals surface area contributed by atoms with Gasteiger partial charge in [0.15, 0.2) is 5.60 Å². The Hall–Kier alpha value is -1.68. The second kappa shape index (κ2) is 5.69. The first-order chi connectivity index (χ1) is 11.2. The van der Waals surface area contributed by atoms with E-state index < -0.39 is 11.5 Å². The average Bonchev–Trinajstić information content (AvgIpc) is 2.78. The molecule has 0 unspecified atom stereocenters. The van der Waals surface area contributed by atoms with Gasteiger partial charge in [-0.1, -0.05) is 45.4 Å². The van der Waals surface area contributed by atoms with Crippen LogP contribution in [0.3, 0.4) is 0 Å². The number of carbonyl (C=O) groups excluding carboxylic acids is 2. The number of amides is 1. The summed E-state index contributed by atoms with van der Waals surface area (Å²) in [5.41, 5.74) is -0.340. The maximum Gasteiger partial charge on any atom is 0.264 e. The number of anilines is 1. The third-order valence-corrected chi connectivity index (χ3v) is 6.48. The molecule has 4 nitrogen and oxygen atoms in total. The summed E-state index contributed by atoms with van der Waals surface area (Å²) >= 11 is 0. The summed E-state index contributed by atoms with van der Waals surface area (Å²) in [6, 6.07) is 7.27. The van der Waals surface area contributed by atoms with Crippen molar-refractivity contribution < 1.29 is 14.7 Å². The van der Waals surface area contributed by atoms with Gasteiger partial charge in [0.2, 0.25) is 0 Å². The molecule has 1 aliphatic heterocycles. The molecule has 0 saturated heterocycles. The molecule has 3 rings (SSSR count). The van der Waals surface area contributed by atoms with E-state index >= 15 is 0 Å². The fourth-order valence-electron chi connectivity index (χ4n) is 4.33. The molecule has 0 radical (unpaired) electrons. The lowest BCUT2D eigenvalue weighted by Crippen LogP contribution is -2.50. The number of hydrogen-bond acceptors (Lipinski definition) is 3. The number of aliphatic hydroxyl groups is 1. The van der Waals surface area contributed by atoms with Gasteiger partial charge in [0, 0.05) is 19.0 Å². The Kier molecular flexibility index (Phi) is 4.07. The van der Waals surface area contributed by atoms with E-state index in [4.69, 9.17) is 0 Å². The van der Waals surface area contributed by atoms with Gasteiger partial charge in [-0.25, -0.2) is 0 Å². The van der Waals surface area contributed by atoms with Crippen molar-refractivity contribution in [2.45, 2.75) is 52.1 Å². The SMILES string of the molecule is CCC(C)(C)[C@@H]1CCC(=O)[C@@H]([C@@]2(O)C(=O)N(C)c3ccccc32)C1. The lowest BCUT2D eigenvalue weighted by Gasteiger charge is -2.42. The van der Waals surface area contributed by atoms with Crippen LogP contribution in [-0.2, 0) is 15.2 Å². The minimum atomic E-state index is -1.72. The highest BCUT2D eigenvalue weighted by Gasteiger charge is 2.57. The second-order valence-corrected chi connectivity index (χ2v) is 7.98. The van der Waals surface area contributed by atoms with E-state index in [0.29, 0.717) is 30.0 Å². The Bertz CT molecular complexity index is 681. The first-order valence-electron chi connectivity index (χ1n) is 8.86. The molecular formula is C20H27NO3. The first-order valence-corrected chi connectivity index (χ1v) is 8.86. The number of rotatable bonds is 3. The van der Waals surface area contributed by atoms with Crippen molar-refractivity contribution in [2.24, 2.45) is 17.3 Å². The van der Waals surface area contributed by atoms with Crippen LogP contribution in [0, 0.1) is 17.3 Å². The maximum atomic E-state index is 12.9. The molecule has 2 aliphatic rings. The summed E-state index contributed by atoms with van der Waals surface area (Å²) in [6.45, 7) is 6.58. The normalized spacial score (nSPS) is 30.6. The number of hydrogen-bond donors (Lipinski definition) is 1. The summed E-state index contributed by atoms with van der Waals surface area (Å²) in [5, 5.41) is 11.4. The van der Waals surface area contributed by atoms with Crippen molar-refractivity contribution in [3.8, 4) is 0 Å². The third kappa shape index (κ3) is 2.31. The van der Waals surface area contributed by atoms with Crippen LogP contribution in [0.4, 0.5) is 5.69 Å². The Morgan fingerprint density at radius 3 is 2.62 bits per heavy atom. The molecule has 1 aromatic rings. The van der Waals surface area contributed by atoms with Gasteiger partial charge in [-0.2, -0.15) is 0 Å². The second-order valence-electron chi connectivity index (χ2n) is 7.98. The van der Waals surface area contributed by atoms with Gasteiger partial charge in [-0.05, 0) is 30.2 Å². The van der Waals surface area contributed by atoms with E-state index in [1.54, 1.807) is 13.1 Å². The van der Waals surface area contributed by atoms with Crippen molar-refractivity contribution in [1.29, 1.82) is 0 Å². The van der Waals surface area contributed by atoms with Crippen molar-refractivity contribution in [2.75, 3.05) is 11.9 Å². The molecule has 0 bridgehead atoms. The van der Waals surface area contributed by atoms with Crippen LogP contribution in [0.5, 0.6) is 0 Å². The van der Waals surface area contributed by atoms with E-state index in [0.717, 1.165) is 12.8 Å². The van der Waals surface area contributed by atoms with Crippen molar-refractivity contribution in [1.82, 2.24) is 0 Å². The molecule has 130 valence electrons. The third-order valence-electron chi connectivity index (χ3n) is 6.48. The van der Waals surface area contributed by atoms with E-state index in [1.165, 1.54) is 4.90 Å². The van der Waals surface area contributed by atoms with Gasteiger partial charge in [-0.15, -0.1) is 0 Å². The van der Waals surface area contributed by atoms with Crippen LogP contribution in [-0.4, -0.2) is 23.8 Å². The van der Waals surface area contributed by atoms with Crippen LogP contribution in [0.2, 0.25) is 0 Å². The number of carbonyl (C=O) groups is 2. The van der Waals surface area contributed by atoms with Crippen LogP contribution in [0.25, 0.3) is 0 Å². The smallest absolute Gasteiger partial charge is 0.264 e. The van der Waals surface area contributed by atoms with E-state index in [1.807, 2.05) is 18.2 Å². The number of likely N-dealkylation sites (N-methyl/N-ethyl adjacent to an activating group) is 1. The highest BCUT2D eigenvalue weighted by molar-refractivity contribution is 6.09. The number of benzene rings is 1. The zero-order valence-electron chi connectivity index (χ0n) is 15.0. The first kappa shape index (κ1) is 17.2. The summed E-state index contributed by atoms with van der Waals surface area (Å²) in [7, 11) is 1.67.